The lowest BCUT2D eigenvalue weighted by atomic mass is 10.1. The molecular weight excluding hydrogens is 265 g/mol. The molecule has 1 rings (SSSR count). The van der Waals surface area contributed by atoms with Gasteiger partial charge in [-0.3, -0.25) is 14.9 Å². The zero-order valence-electron chi connectivity index (χ0n) is 11.9. The molecule has 7 heteroatoms. The molecule has 110 valence electrons. The van der Waals surface area contributed by atoms with Gasteiger partial charge in [-0.15, -0.1) is 0 Å². The Morgan fingerprint density at radius 2 is 2.05 bits per heavy atom. The van der Waals surface area contributed by atoms with Crippen LogP contribution in [0.25, 0.3) is 0 Å². The van der Waals surface area contributed by atoms with Crippen molar-refractivity contribution in [1.82, 2.24) is 5.32 Å². The van der Waals surface area contributed by atoms with Gasteiger partial charge in [0.25, 0.3) is 5.69 Å². The van der Waals surface area contributed by atoms with Crippen LogP contribution in [0.3, 0.4) is 0 Å². The number of hydrogen-bond donors (Lipinski definition) is 1. The third-order valence-electron chi connectivity index (χ3n) is 2.44. The van der Waals surface area contributed by atoms with Crippen molar-refractivity contribution in [1.29, 1.82) is 0 Å². The number of nitro benzene ring substituents is 1. The molecule has 0 unspecified atom stereocenters. The van der Waals surface area contributed by atoms with Gasteiger partial charge < -0.3 is 10.2 Å². The van der Waals surface area contributed by atoms with Gasteiger partial charge in [-0.25, -0.2) is 4.39 Å². The highest BCUT2D eigenvalue weighted by Gasteiger charge is 2.21. The molecule has 1 amide bonds. The molecule has 0 atom stereocenters. The first-order chi connectivity index (χ1) is 9.10. The molecule has 1 aromatic carbocycles. The molecular formula is C13H18FN3O3. The summed E-state index contributed by atoms with van der Waals surface area (Å²) in [5.74, 6) is -0.882. The van der Waals surface area contributed by atoms with Crippen molar-refractivity contribution >= 4 is 17.3 Å². The second kappa shape index (κ2) is 5.85. The Hall–Kier alpha value is -2.18. The maximum atomic E-state index is 13.2. The first kappa shape index (κ1) is 15.9. The Morgan fingerprint density at radius 1 is 1.45 bits per heavy atom. The van der Waals surface area contributed by atoms with E-state index in [1.165, 1.54) is 11.9 Å². The van der Waals surface area contributed by atoms with E-state index in [9.17, 15) is 19.3 Å². The van der Waals surface area contributed by atoms with E-state index in [-0.39, 0.29) is 23.8 Å². The van der Waals surface area contributed by atoms with Gasteiger partial charge in [0.2, 0.25) is 5.91 Å². The molecule has 0 radical (unpaired) electrons. The van der Waals surface area contributed by atoms with Gasteiger partial charge in [0.15, 0.2) is 0 Å². The number of amides is 1. The number of carbonyl (C=O) groups is 1. The number of likely N-dealkylation sites (N-methyl/N-ethyl adjacent to an activating group) is 1. The summed E-state index contributed by atoms with van der Waals surface area (Å²) in [5.41, 5.74) is -0.567. The molecule has 0 aliphatic rings. The van der Waals surface area contributed by atoms with E-state index in [1.807, 2.05) is 20.8 Å². The first-order valence-electron chi connectivity index (χ1n) is 6.06. The quantitative estimate of drug-likeness (QED) is 0.678. The van der Waals surface area contributed by atoms with Crippen molar-refractivity contribution in [3.63, 3.8) is 0 Å². The molecule has 0 saturated heterocycles. The third-order valence-corrected chi connectivity index (χ3v) is 2.44. The zero-order chi connectivity index (χ0) is 15.5. The highest BCUT2D eigenvalue weighted by molar-refractivity contribution is 5.82. The van der Waals surface area contributed by atoms with Crippen molar-refractivity contribution in [3.8, 4) is 0 Å². The number of halogens is 1. The fraction of sp³-hybridized carbons (Fsp3) is 0.462. The predicted octanol–water partition coefficient (Wildman–Crippen LogP) is 2.08. The molecule has 20 heavy (non-hydrogen) atoms. The Morgan fingerprint density at radius 3 is 2.55 bits per heavy atom. The number of carbonyl (C=O) groups excluding carboxylic acids is 1. The van der Waals surface area contributed by atoms with Crippen LogP contribution in [-0.2, 0) is 4.79 Å². The van der Waals surface area contributed by atoms with E-state index in [2.05, 4.69) is 5.32 Å². The summed E-state index contributed by atoms with van der Waals surface area (Å²) in [5, 5.41) is 13.6. The minimum Gasteiger partial charge on any atom is -0.360 e. The van der Waals surface area contributed by atoms with E-state index < -0.39 is 16.3 Å². The molecule has 1 aromatic rings. The SMILES string of the molecule is CN(CC(=O)NC(C)(C)C)c1cc(F)ccc1[N+](=O)[O-]. The summed E-state index contributed by atoms with van der Waals surface area (Å²) < 4.78 is 13.2. The van der Waals surface area contributed by atoms with Crippen molar-refractivity contribution in [2.75, 3.05) is 18.5 Å². The van der Waals surface area contributed by atoms with Gasteiger partial charge in [-0.2, -0.15) is 0 Å². The Balaban J connectivity index is 2.92. The molecule has 0 heterocycles. The summed E-state index contributed by atoms with van der Waals surface area (Å²) in [6.45, 7) is 5.39. The third kappa shape index (κ3) is 4.49. The Kier molecular flexibility index (Phi) is 4.65. The minimum absolute atomic E-state index is 0.0686. The van der Waals surface area contributed by atoms with Crippen molar-refractivity contribution < 1.29 is 14.1 Å². The van der Waals surface area contributed by atoms with Crippen LogP contribution < -0.4 is 10.2 Å². The highest BCUT2D eigenvalue weighted by atomic mass is 19.1. The number of benzene rings is 1. The standard InChI is InChI=1S/C13H18FN3O3/c1-13(2,3)15-12(18)8-16(4)11-7-9(14)5-6-10(11)17(19)20/h5-7H,8H2,1-4H3,(H,15,18). The lowest BCUT2D eigenvalue weighted by Crippen LogP contribution is -2.45. The second-order valence-electron chi connectivity index (χ2n) is 5.54. The predicted molar refractivity (Wildman–Crippen MR) is 74.2 cm³/mol. The van der Waals surface area contributed by atoms with E-state index in [0.717, 1.165) is 18.2 Å². The molecule has 0 fully saturated rings. The average Bonchev–Trinajstić information content (AvgIpc) is 2.25. The van der Waals surface area contributed by atoms with Crippen LogP contribution in [0, 0.1) is 15.9 Å². The summed E-state index contributed by atoms with van der Waals surface area (Å²) in [6.07, 6.45) is 0. The van der Waals surface area contributed by atoms with E-state index in [0.29, 0.717) is 0 Å². The Labute approximate surface area is 116 Å². The maximum absolute atomic E-state index is 13.2. The zero-order valence-corrected chi connectivity index (χ0v) is 11.9. The smallest absolute Gasteiger partial charge is 0.292 e. The van der Waals surface area contributed by atoms with Gasteiger partial charge >= 0.3 is 0 Å². The fourth-order valence-corrected chi connectivity index (χ4v) is 1.72. The van der Waals surface area contributed by atoms with Crippen LogP contribution in [0.1, 0.15) is 20.8 Å². The van der Waals surface area contributed by atoms with Crippen molar-refractivity contribution in [2.45, 2.75) is 26.3 Å². The van der Waals surface area contributed by atoms with Gasteiger partial charge in [0.05, 0.1) is 11.5 Å². The number of anilines is 1. The van der Waals surface area contributed by atoms with Gasteiger partial charge in [0.1, 0.15) is 11.5 Å². The van der Waals surface area contributed by atoms with E-state index in [4.69, 9.17) is 0 Å². The largest absolute Gasteiger partial charge is 0.360 e. The lowest BCUT2D eigenvalue weighted by molar-refractivity contribution is -0.384. The number of nitrogens with zero attached hydrogens (tertiary/aromatic N) is 2. The number of nitro groups is 1. The normalized spacial score (nSPS) is 11.1. The minimum atomic E-state index is -0.604. The average molecular weight is 283 g/mol. The molecule has 0 aliphatic carbocycles. The summed E-state index contributed by atoms with van der Waals surface area (Å²) in [4.78, 5) is 23.4. The Bertz CT molecular complexity index is 526. The van der Waals surface area contributed by atoms with E-state index >= 15 is 0 Å². The van der Waals surface area contributed by atoms with Gasteiger partial charge in [-0.1, -0.05) is 0 Å². The molecule has 0 aromatic heterocycles. The van der Waals surface area contributed by atoms with Crippen LogP contribution >= 0.6 is 0 Å². The summed E-state index contributed by atoms with van der Waals surface area (Å²) in [6, 6.07) is 3.15. The van der Waals surface area contributed by atoms with Crippen LogP contribution in [0.4, 0.5) is 15.8 Å². The van der Waals surface area contributed by atoms with Crippen molar-refractivity contribution in [3.05, 3.63) is 34.1 Å². The molecule has 6 nitrogen and oxygen atoms in total. The van der Waals surface area contributed by atoms with Crippen LogP contribution in [0.5, 0.6) is 0 Å². The molecule has 0 spiro atoms. The number of nitrogens with one attached hydrogen (secondary N) is 1. The van der Waals surface area contributed by atoms with Crippen LogP contribution in [0.2, 0.25) is 0 Å². The molecule has 0 saturated carbocycles. The topological polar surface area (TPSA) is 75.5 Å². The van der Waals surface area contributed by atoms with Crippen LogP contribution in [-0.4, -0.2) is 30.0 Å². The fourth-order valence-electron chi connectivity index (χ4n) is 1.72. The number of rotatable bonds is 4. The van der Waals surface area contributed by atoms with E-state index in [1.54, 1.807) is 0 Å². The molecule has 0 bridgehead atoms. The maximum Gasteiger partial charge on any atom is 0.292 e. The first-order valence-corrected chi connectivity index (χ1v) is 6.06. The molecule has 0 aliphatic heterocycles. The van der Waals surface area contributed by atoms with Crippen LogP contribution in [0.15, 0.2) is 18.2 Å². The van der Waals surface area contributed by atoms with Gasteiger partial charge in [0, 0.05) is 24.7 Å². The van der Waals surface area contributed by atoms with Gasteiger partial charge in [-0.05, 0) is 26.8 Å². The summed E-state index contributed by atoms with van der Waals surface area (Å²) in [7, 11) is 1.50. The highest BCUT2D eigenvalue weighted by Crippen LogP contribution is 2.27. The second-order valence-corrected chi connectivity index (χ2v) is 5.54. The monoisotopic (exact) mass is 283 g/mol. The lowest BCUT2D eigenvalue weighted by Gasteiger charge is -2.24. The summed E-state index contributed by atoms with van der Waals surface area (Å²) >= 11 is 0. The molecule has 1 N–H and O–H groups in total. The van der Waals surface area contributed by atoms with Crippen molar-refractivity contribution in [2.24, 2.45) is 0 Å². The number of hydrogen-bond acceptors (Lipinski definition) is 4.